The van der Waals surface area contributed by atoms with Crippen LogP contribution in [0.2, 0.25) is 0 Å². The summed E-state index contributed by atoms with van der Waals surface area (Å²) in [4.78, 5) is 13.9. The maximum Gasteiger partial charge on any atom is 0.322 e. The first-order valence-electron chi connectivity index (χ1n) is 6.11. The zero-order valence-electron chi connectivity index (χ0n) is 11.2. The fraction of sp³-hybridized carbons (Fsp3) is 0.667. The average molecular weight is 253 g/mol. The first-order valence-corrected chi connectivity index (χ1v) is 6.11. The molecule has 2 atom stereocenters. The smallest absolute Gasteiger partial charge is 0.322 e. The molecule has 0 unspecified atom stereocenters. The van der Waals surface area contributed by atoms with Crippen molar-refractivity contribution in [1.29, 1.82) is 0 Å². The third kappa shape index (κ3) is 2.64. The van der Waals surface area contributed by atoms with E-state index in [1.807, 2.05) is 13.8 Å². The number of aromatic nitrogens is 1. The molecule has 0 spiro atoms. The maximum absolute atomic E-state index is 12.2. The van der Waals surface area contributed by atoms with E-state index < -0.39 is 0 Å². The molecular weight excluding hydrogens is 234 g/mol. The van der Waals surface area contributed by atoms with Gasteiger partial charge in [-0.25, -0.2) is 4.79 Å². The number of anilines is 1. The van der Waals surface area contributed by atoms with E-state index in [1.54, 1.807) is 18.7 Å². The second-order valence-corrected chi connectivity index (χ2v) is 4.79. The van der Waals surface area contributed by atoms with Gasteiger partial charge in [0.05, 0.1) is 12.2 Å². The first-order chi connectivity index (χ1) is 8.47. The van der Waals surface area contributed by atoms with Crippen LogP contribution in [-0.2, 0) is 4.74 Å². The van der Waals surface area contributed by atoms with Crippen molar-refractivity contribution in [3.63, 3.8) is 0 Å². The molecule has 0 aromatic carbocycles. The summed E-state index contributed by atoms with van der Waals surface area (Å²) in [6, 6.07) is -0.133. The number of nitrogens with one attached hydrogen (secondary N) is 1. The number of nitrogens with zero attached hydrogens (tertiary/aromatic N) is 2. The van der Waals surface area contributed by atoms with Crippen LogP contribution >= 0.6 is 0 Å². The molecule has 100 valence electrons. The highest BCUT2D eigenvalue weighted by Crippen LogP contribution is 2.20. The Labute approximate surface area is 106 Å². The Bertz CT molecular complexity index is 414. The summed E-state index contributed by atoms with van der Waals surface area (Å²) in [7, 11) is 0. The molecule has 1 N–H and O–H groups in total. The summed E-state index contributed by atoms with van der Waals surface area (Å²) in [5.74, 6) is 0.621. The standard InChI is InChI=1S/C12H19N3O3/c1-7-5-15(6-8(2)17-7)12(16)13-11-9(3)14-18-10(11)4/h7-8H,5-6H2,1-4H3,(H,13,16)/t7-,8-/m0/s1. The Morgan fingerprint density at radius 1 is 1.33 bits per heavy atom. The van der Waals surface area contributed by atoms with Gasteiger partial charge in [0.25, 0.3) is 0 Å². The minimum absolute atomic E-state index is 0.0594. The largest absolute Gasteiger partial charge is 0.372 e. The maximum atomic E-state index is 12.2. The third-order valence-electron chi connectivity index (χ3n) is 2.97. The summed E-state index contributed by atoms with van der Waals surface area (Å²) in [6.07, 6.45) is 0.119. The SMILES string of the molecule is Cc1noc(C)c1NC(=O)N1C[C@H](C)O[C@@H](C)C1. The van der Waals surface area contributed by atoms with Gasteiger partial charge in [0, 0.05) is 13.1 Å². The number of hydrogen-bond donors (Lipinski definition) is 1. The highest BCUT2D eigenvalue weighted by Gasteiger charge is 2.26. The predicted octanol–water partition coefficient (Wildman–Crippen LogP) is 1.93. The van der Waals surface area contributed by atoms with Crippen molar-refractivity contribution in [2.24, 2.45) is 0 Å². The second-order valence-electron chi connectivity index (χ2n) is 4.79. The van der Waals surface area contributed by atoms with Crippen LogP contribution in [0.4, 0.5) is 10.5 Å². The van der Waals surface area contributed by atoms with Gasteiger partial charge in [-0.3, -0.25) is 0 Å². The minimum atomic E-state index is -0.133. The Morgan fingerprint density at radius 3 is 2.44 bits per heavy atom. The highest BCUT2D eigenvalue weighted by atomic mass is 16.5. The molecular formula is C12H19N3O3. The van der Waals surface area contributed by atoms with Crippen molar-refractivity contribution in [2.45, 2.75) is 39.9 Å². The van der Waals surface area contributed by atoms with E-state index in [1.165, 1.54) is 0 Å². The van der Waals surface area contributed by atoms with E-state index in [9.17, 15) is 4.79 Å². The average Bonchev–Trinajstić information content (AvgIpc) is 2.59. The lowest BCUT2D eigenvalue weighted by molar-refractivity contribution is -0.0530. The topological polar surface area (TPSA) is 67.6 Å². The number of morpholine rings is 1. The Balaban J connectivity index is 2.04. The summed E-state index contributed by atoms with van der Waals surface area (Å²) in [5, 5.41) is 6.66. The fourth-order valence-corrected chi connectivity index (χ4v) is 2.19. The van der Waals surface area contributed by atoms with Gasteiger partial charge in [0.1, 0.15) is 11.4 Å². The van der Waals surface area contributed by atoms with Gasteiger partial charge in [-0.05, 0) is 27.7 Å². The molecule has 2 rings (SSSR count). The zero-order valence-corrected chi connectivity index (χ0v) is 11.2. The Hall–Kier alpha value is -1.56. The molecule has 6 nitrogen and oxygen atoms in total. The summed E-state index contributed by atoms with van der Waals surface area (Å²) in [6.45, 7) is 8.70. The summed E-state index contributed by atoms with van der Waals surface area (Å²) < 4.78 is 10.6. The number of ether oxygens (including phenoxy) is 1. The van der Waals surface area contributed by atoms with E-state index in [0.717, 1.165) is 0 Å². The molecule has 1 aliphatic rings. The third-order valence-corrected chi connectivity index (χ3v) is 2.97. The van der Waals surface area contributed by atoms with Crippen molar-refractivity contribution in [3.8, 4) is 0 Å². The lowest BCUT2D eigenvalue weighted by Crippen LogP contribution is -2.49. The lowest BCUT2D eigenvalue weighted by Gasteiger charge is -2.35. The van der Waals surface area contributed by atoms with E-state index in [-0.39, 0.29) is 18.2 Å². The van der Waals surface area contributed by atoms with Crippen LogP contribution in [0.1, 0.15) is 25.3 Å². The molecule has 1 aromatic heterocycles. The molecule has 0 bridgehead atoms. The van der Waals surface area contributed by atoms with Crippen LogP contribution in [0, 0.1) is 13.8 Å². The van der Waals surface area contributed by atoms with Gasteiger partial charge in [0.2, 0.25) is 0 Å². The van der Waals surface area contributed by atoms with Crippen molar-refractivity contribution in [1.82, 2.24) is 10.1 Å². The Morgan fingerprint density at radius 2 is 1.94 bits per heavy atom. The number of carbonyl (C=O) groups excluding carboxylic acids is 1. The van der Waals surface area contributed by atoms with Crippen molar-refractivity contribution < 1.29 is 14.1 Å². The number of rotatable bonds is 1. The van der Waals surface area contributed by atoms with Gasteiger partial charge in [-0.2, -0.15) is 0 Å². The number of hydrogen-bond acceptors (Lipinski definition) is 4. The monoisotopic (exact) mass is 253 g/mol. The van der Waals surface area contributed by atoms with Crippen molar-refractivity contribution in [2.75, 3.05) is 18.4 Å². The first kappa shape index (κ1) is 12.9. The van der Waals surface area contributed by atoms with Crippen LogP contribution in [0.25, 0.3) is 0 Å². The summed E-state index contributed by atoms with van der Waals surface area (Å²) >= 11 is 0. The second kappa shape index (κ2) is 4.97. The van der Waals surface area contributed by atoms with Gasteiger partial charge in [0.15, 0.2) is 5.76 Å². The number of aryl methyl sites for hydroxylation is 2. The molecule has 1 saturated heterocycles. The van der Waals surface area contributed by atoms with Gasteiger partial charge in [-0.1, -0.05) is 5.16 Å². The molecule has 0 aliphatic carbocycles. The van der Waals surface area contributed by atoms with Gasteiger partial charge in [-0.15, -0.1) is 0 Å². The molecule has 1 fully saturated rings. The van der Waals surface area contributed by atoms with Crippen LogP contribution in [0.15, 0.2) is 4.52 Å². The lowest BCUT2D eigenvalue weighted by atomic mass is 10.2. The van der Waals surface area contributed by atoms with Crippen LogP contribution < -0.4 is 5.32 Å². The number of amides is 2. The molecule has 1 aromatic rings. The highest BCUT2D eigenvalue weighted by molar-refractivity contribution is 5.90. The van der Waals surface area contributed by atoms with E-state index in [4.69, 9.17) is 9.26 Å². The molecule has 6 heteroatoms. The number of carbonyl (C=O) groups is 1. The molecule has 2 amide bonds. The zero-order chi connectivity index (χ0) is 13.3. The van der Waals surface area contributed by atoms with Gasteiger partial charge >= 0.3 is 6.03 Å². The quantitative estimate of drug-likeness (QED) is 0.830. The van der Waals surface area contributed by atoms with E-state index in [0.29, 0.717) is 30.2 Å². The fourth-order valence-electron chi connectivity index (χ4n) is 2.19. The Kier molecular flexibility index (Phi) is 3.56. The van der Waals surface area contributed by atoms with E-state index >= 15 is 0 Å². The van der Waals surface area contributed by atoms with Crippen LogP contribution in [0.3, 0.4) is 0 Å². The predicted molar refractivity (Wildman–Crippen MR) is 66.6 cm³/mol. The number of urea groups is 1. The summed E-state index contributed by atoms with van der Waals surface area (Å²) in [5.41, 5.74) is 1.35. The van der Waals surface area contributed by atoms with E-state index in [2.05, 4.69) is 10.5 Å². The van der Waals surface area contributed by atoms with Crippen LogP contribution in [-0.4, -0.2) is 41.4 Å². The van der Waals surface area contributed by atoms with Crippen molar-refractivity contribution >= 4 is 11.7 Å². The minimum Gasteiger partial charge on any atom is -0.372 e. The molecule has 18 heavy (non-hydrogen) atoms. The van der Waals surface area contributed by atoms with Gasteiger partial charge < -0.3 is 19.5 Å². The molecule has 0 radical (unpaired) electrons. The normalized spacial score (nSPS) is 24.1. The molecule has 0 saturated carbocycles. The molecule has 2 heterocycles. The van der Waals surface area contributed by atoms with Crippen LogP contribution in [0.5, 0.6) is 0 Å². The van der Waals surface area contributed by atoms with Crippen molar-refractivity contribution in [3.05, 3.63) is 11.5 Å². The molecule has 1 aliphatic heterocycles.